The molecule has 0 unspecified atom stereocenters. The molecule has 2 aromatic rings. The number of carbonyl (C=O) groups excluding carboxylic acids is 1. The van der Waals surface area contributed by atoms with Gasteiger partial charge in [-0.1, -0.05) is 44.2 Å². The molecule has 0 heterocycles. The van der Waals surface area contributed by atoms with E-state index in [0.29, 0.717) is 29.7 Å². The van der Waals surface area contributed by atoms with Gasteiger partial charge in [0.25, 0.3) is 5.91 Å². The zero-order valence-corrected chi connectivity index (χ0v) is 12.9. The zero-order valence-electron chi connectivity index (χ0n) is 12.9. The van der Waals surface area contributed by atoms with Gasteiger partial charge in [0.15, 0.2) is 6.61 Å². The summed E-state index contributed by atoms with van der Waals surface area (Å²) >= 11 is 0. The highest BCUT2D eigenvalue weighted by molar-refractivity contribution is 5.93. The Morgan fingerprint density at radius 2 is 1.68 bits per heavy atom. The van der Waals surface area contributed by atoms with E-state index < -0.39 is 0 Å². The van der Waals surface area contributed by atoms with Crippen LogP contribution in [0, 0.1) is 5.92 Å². The van der Waals surface area contributed by atoms with Gasteiger partial charge in [0, 0.05) is 0 Å². The van der Waals surface area contributed by atoms with Gasteiger partial charge in [-0.2, -0.15) is 0 Å². The molecule has 2 rings (SSSR count). The summed E-state index contributed by atoms with van der Waals surface area (Å²) in [6.07, 6.45) is 0. The molecule has 4 nitrogen and oxygen atoms in total. The number of anilines is 1. The molecule has 0 spiro atoms. The third kappa shape index (κ3) is 5.13. The Balaban J connectivity index is 1.91. The van der Waals surface area contributed by atoms with Crippen LogP contribution in [0.1, 0.15) is 13.8 Å². The van der Waals surface area contributed by atoms with Crippen LogP contribution in [0.3, 0.4) is 0 Å². The molecule has 0 aliphatic carbocycles. The predicted molar refractivity (Wildman–Crippen MR) is 87.3 cm³/mol. The van der Waals surface area contributed by atoms with Crippen molar-refractivity contribution in [2.24, 2.45) is 5.92 Å². The van der Waals surface area contributed by atoms with Crippen LogP contribution in [0.2, 0.25) is 0 Å². The summed E-state index contributed by atoms with van der Waals surface area (Å²) in [4.78, 5) is 12.0. The third-order valence-electron chi connectivity index (χ3n) is 2.85. The maximum Gasteiger partial charge on any atom is 0.262 e. The highest BCUT2D eigenvalue weighted by Crippen LogP contribution is 2.24. The Bertz CT molecular complexity index is 596. The number of hydrogen-bond acceptors (Lipinski definition) is 3. The quantitative estimate of drug-likeness (QED) is 0.847. The Hall–Kier alpha value is -2.49. The maximum atomic E-state index is 12.0. The SMILES string of the molecule is CC(C)COc1ccccc1NC(=O)COc1ccccc1. The lowest BCUT2D eigenvalue weighted by atomic mass is 10.2. The minimum atomic E-state index is -0.218. The lowest BCUT2D eigenvalue weighted by Gasteiger charge is -2.14. The fourth-order valence-corrected chi connectivity index (χ4v) is 1.80. The van der Waals surface area contributed by atoms with Gasteiger partial charge in [0.05, 0.1) is 12.3 Å². The molecule has 0 bridgehead atoms. The molecule has 0 saturated carbocycles. The summed E-state index contributed by atoms with van der Waals surface area (Å²) in [5.74, 6) is 1.54. The van der Waals surface area contributed by atoms with Gasteiger partial charge in [-0.05, 0) is 30.2 Å². The van der Waals surface area contributed by atoms with Crippen molar-refractivity contribution < 1.29 is 14.3 Å². The molecule has 0 fully saturated rings. The van der Waals surface area contributed by atoms with Crippen LogP contribution < -0.4 is 14.8 Å². The molecule has 0 atom stereocenters. The Kier molecular flexibility index (Phi) is 5.83. The number of nitrogens with one attached hydrogen (secondary N) is 1. The average molecular weight is 299 g/mol. The molecular weight excluding hydrogens is 278 g/mol. The maximum absolute atomic E-state index is 12.0. The van der Waals surface area contributed by atoms with Gasteiger partial charge in [0.1, 0.15) is 11.5 Å². The number of benzene rings is 2. The highest BCUT2D eigenvalue weighted by Gasteiger charge is 2.08. The summed E-state index contributed by atoms with van der Waals surface area (Å²) in [5, 5.41) is 2.82. The topological polar surface area (TPSA) is 47.6 Å². The van der Waals surface area contributed by atoms with Gasteiger partial charge in [-0.15, -0.1) is 0 Å². The fourth-order valence-electron chi connectivity index (χ4n) is 1.80. The van der Waals surface area contributed by atoms with Crippen LogP contribution in [0.25, 0.3) is 0 Å². The van der Waals surface area contributed by atoms with E-state index in [1.165, 1.54) is 0 Å². The molecule has 0 aromatic heterocycles. The number of amides is 1. The highest BCUT2D eigenvalue weighted by atomic mass is 16.5. The first-order chi connectivity index (χ1) is 10.6. The zero-order chi connectivity index (χ0) is 15.8. The second-order valence-electron chi connectivity index (χ2n) is 5.35. The summed E-state index contributed by atoms with van der Waals surface area (Å²) in [7, 11) is 0. The van der Waals surface area contributed by atoms with E-state index >= 15 is 0 Å². The Labute approximate surface area is 131 Å². The van der Waals surface area contributed by atoms with Crippen LogP contribution in [-0.2, 0) is 4.79 Å². The summed E-state index contributed by atoms with van der Waals surface area (Å²) in [5.41, 5.74) is 0.657. The molecule has 1 N–H and O–H groups in total. The minimum absolute atomic E-state index is 0.0392. The smallest absolute Gasteiger partial charge is 0.262 e. The Morgan fingerprint density at radius 1 is 1.00 bits per heavy atom. The third-order valence-corrected chi connectivity index (χ3v) is 2.85. The molecule has 2 aromatic carbocycles. The van der Waals surface area contributed by atoms with E-state index in [1.54, 1.807) is 0 Å². The summed E-state index contributed by atoms with van der Waals surface area (Å²) in [6, 6.07) is 16.6. The van der Waals surface area contributed by atoms with Crippen molar-refractivity contribution in [1.29, 1.82) is 0 Å². The van der Waals surface area contributed by atoms with Crippen molar-refractivity contribution in [1.82, 2.24) is 0 Å². The van der Waals surface area contributed by atoms with E-state index in [-0.39, 0.29) is 12.5 Å². The number of hydrogen-bond donors (Lipinski definition) is 1. The Morgan fingerprint density at radius 3 is 2.41 bits per heavy atom. The number of carbonyl (C=O) groups is 1. The second kappa shape index (κ2) is 8.08. The molecule has 0 saturated heterocycles. The molecule has 1 amide bonds. The molecule has 4 heteroatoms. The molecule has 0 radical (unpaired) electrons. The van der Waals surface area contributed by atoms with Crippen LogP contribution >= 0.6 is 0 Å². The first kappa shape index (κ1) is 15.9. The first-order valence-electron chi connectivity index (χ1n) is 7.34. The van der Waals surface area contributed by atoms with Crippen molar-refractivity contribution in [3.63, 3.8) is 0 Å². The fraction of sp³-hybridized carbons (Fsp3) is 0.278. The number of ether oxygens (including phenoxy) is 2. The standard InChI is InChI=1S/C18H21NO3/c1-14(2)12-22-17-11-7-6-10-16(17)19-18(20)13-21-15-8-4-3-5-9-15/h3-11,14H,12-13H2,1-2H3,(H,19,20). The molecule has 116 valence electrons. The molecule has 22 heavy (non-hydrogen) atoms. The minimum Gasteiger partial charge on any atom is -0.491 e. The lowest BCUT2D eigenvalue weighted by Crippen LogP contribution is -2.20. The van der Waals surface area contributed by atoms with Crippen molar-refractivity contribution in [3.05, 3.63) is 54.6 Å². The van der Waals surface area contributed by atoms with E-state index in [2.05, 4.69) is 19.2 Å². The second-order valence-corrected chi connectivity index (χ2v) is 5.35. The van der Waals surface area contributed by atoms with Crippen molar-refractivity contribution in [2.45, 2.75) is 13.8 Å². The lowest BCUT2D eigenvalue weighted by molar-refractivity contribution is -0.118. The summed E-state index contributed by atoms with van der Waals surface area (Å²) in [6.45, 7) is 4.72. The van der Waals surface area contributed by atoms with E-state index in [0.717, 1.165) is 0 Å². The predicted octanol–water partition coefficient (Wildman–Crippen LogP) is 3.74. The number of rotatable bonds is 7. The van der Waals surface area contributed by atoms with Gasteiger partial charge in [0.2, 0.25) is 0 Å². The van der Waals surface area contributed by atoms with Crippen molar-refractivity contribution in [2.75, 3.05) is 18.5 Å². The van der Waals surface area contributed by atoms with E-state index in [1.807, 2.05) is 54.6 Å². The monoisotopic (exact) mass is 299 g/mol. The largest absolute Gasteiger partial charge is 0.491 e. The van der Waals surface area contributed by atoms with Gasteiger partial charge in [-0.3, -0.25) is 4.79 Å². The van der Waals surface area contributed by atoms with Crippen LogP contribution in [-0.4, -0.2) is 19.1 Å². The van der Waals surface area contributed by atoms with Crippen LogP contribution in [0.15, 0.2) is 54.6 Å². The van der Waals surface area contributed by atoms with Crippen molar-refractivity contribution in [3.8, 4) is 11.5 Å². The normalized spacial score (nSPS) is 10.3. The van der Waals surface area contributed by atoms with E-state index in [9.17, 15) is 4.79 Å². The van der Waals surface area contributed by atoms with Gasteiger partial charge < -0.3 is 14.8 Å². The average Bonchev–Trinajstić information content (AvgIpc) is 2.53. The van der Waals surface area contributed by atoms with Gasteiger partial charge in [-0.25, -0.2) is 0 Å². The first-order valence-corrected chi connectivity index (χ1v) is 7.34. The van der Waals surface area contributed by atoms with Crippen LogP contribution in [0.4, 0.5) is 5.69 Å². The van der Waals surface area contributed by atoms with Gasteiger partial charge >= 0.3 is 0 Å². The summed E-state index contributed by atoms with van der Waals surface area (Å²) < 4.78 is 11.1. The van der Waals surface area contributed by atoms with Crippen molar-refractivity contribution >= 4 is 11.6 Å². The molecular formula is C18H21NO3. The van der Waals surface area contributed by atoms with Crippen LogP contribution in [0.5, 0.6) is 11.5 Å². The number of para-hydroxylation sites is 3. The van der Waals surface area contributed by atoms with E-state index in [4.69, 9.17) is 9.47 Å². The molecule has 0 aliphatic rings. The molecule has 0 aliphatic heterocycles.